The van der Waals surface area contributed by atoms with Gasteiger partial charge in [0.1, 0.15) is 12.6 Å². The zero-order valence-corrected chi connectivity index (χ0v) is 24.9. The molecule has 214 valence electrons. The second-order valence-electron chi connectivity index (χ2n) is 10.2. The van der Waals surface area contributed by atoms with Gasteiger partial charge in [-0.25, -0.2) is 8.42 Å². The zero-order valence-electron chi connectivity index (χ0n) is 24.1. The molecule has 0 radical (unpaired) electrons. The lowest BCUT2D eigenvalue weighted by molar-refractivity contribution is -0.139. The van der Waals surface area contributed by atoms with Crippen molar-refractivity contribution < 1.29 is 18.0 Å². The summed E-state index contributed by atoms with van der Waals surface area (Å²) in [5, 5.41) is 3.01. The van der Waals surface area contributed by atoms with E-state index in [9.17, 15) is 18.0 Å². The quantitative estimate of drug-likeness (QED) is 0.307. The molecule has 0 heterocycles. The molecular weight excluding hydrogens is 522 g/mol. The number of anilines is 1. The summed E-state index contributed by atoms with van der Waals surface area (Å²) >= 11 is 0. The molecule has 2 atom stereocenters. The van der Waals surface area contributed by atoms with E-state index in [1.807, 2.05) is 77.1 Å². The maximum absolute atomic E-state index is 14.1. The van der Waals surface area contributed by atoms with Crippen LogP contribution in [0.15, 0.2) is 83.8 Å². The van der Waals surface area contributed by atoms with Gasteiger partial charge in [-0.05, 0) is 74.9 Å². The smallest absolute Gasteiger partial charge is 0.264 e. The molecule has 8 heteroatoms. The van der Waals surface area contributed by atoms with Crippen molar-refractivity contribution in [1.82, 2.24) is 10.2 Å². The highest BCUT2D eigenvalue weighted by atomic mass is 32.2. The summed E-state index contributed by atoms with van der Waals surface area (Å²) in [6.45, 7) is 9.35. The topological polar surface area (TPSA) is 86.8 Å². The monoisotopic (exact) mass is 563 g/mol. The predicted octanol–water partition coefficient (Wildman–Crippen LogP) is 5.26. The highest BCUT2D eigenvalue weighted by Gasteiger charge is 2.34. The lowest BCUT2D eigenvalue weighted by Gasteiger charge is -2.34. The van der Waals surface area contributed by atoms with Crippen LogP contribution in [0.5, 0.6) is 0 Å². The number of benzene rings is 3. The molecule has 1 N–H and O–H groups in total. The van der Waals surface area contributed by atoms with Gasteiger partial charge in [0.2, 0.25) is 11.8 Å². The Bertz CT molecular complexity index is 1380. The van der Waals surface area contributed by atoms with Gasteiger partial charge in [-0.2, -0.15) is 0 Å². The lowest BCUT2D eigenvalue weighted by Crippen LogP contribution is -2.54. The van der Waals surface area contributed by atoms with Crippen LogP contribution >= 0.6 is 0 Å². The Balaban J connectivity index is 2.04. The van der Waals surface area contributed by atoms with E-state index in [1.54, 1.807) is 29.2 Å². The Hall–Kier alpha value is -3.65. The molecule has 3 aromatic rings. The summed E-state index contributed by atoms with van der Waals surface area (Å²) < 4.78 is 29.1. The van der Waals surface area contributed by atoms with Crippen molar-refractivity contribution >= 4 is 27.5 Å². The van der Waals surface area contributed by atoms with Crippen LogP contribution in [0.1, 0.15) is 50.3 Å². The lowest BCUT2D eigenvalue weighted by atomic mass is 10.1. The van der Waals surface area contributed by atoms with E-state index >= 15 is 0 Å². The molecule has 3 rings (SSSR count). The van der Waals surface area contributed by atoms with E-state index in [0.717, 1.165) is 23.1 Å². The number of amides is 2. The number of hydrogen-bond donors (Lipinski definition) is 1. The molecule has 2 unspecified atom stereocenters. The Morgan fingerprint density at radius 1 is 0.875 bits per heavy atom. The van der Waals surface area contributed by atoms with Gasteiger partial charge in [-0.3, -0.25) is 13.9 Å². The van der Waals surface area contributed by atoms with Crippen LogP contribution in [0.2, 0.25) is 0 Å². The minimum Gasteiger partial charge on any atom is -0.352 e. The van der Waals surface area contributed by atoms with Crippen molar-refractivity contribution in [3.63, 3.8) is 0 Å². The Morgan fingerprint density at radius 2 is 1.50 bits per heavy atom. The van der Waals surface area contributed by atoms with E-state index in [1.165, 1.54) is 16.4 Å². The van der Waals surface area contributed by atoms with Crippen molar-refractivity contribution in [3.8, 4) is 0 Å². The second-order valence-corrected chi connectivity index (χ2v) is 12.0. The van der Waals surface area contributed by atoms with Gasteiger partial charge in [0.05, 0.1) is 10.6 Å². The number of rotatable bonds is 13. The predicted molar refractivity (Wildman–Crippen MR) is 161 cm³/mol. The molecule has 0 saturated carbocycles. The number of nitrogens with zero attached hydrogens (tertiary/aromatic N) is 2. The first-order chi connectivity index (χ1) is 19.1. The van der Waals surface area contributed by atoms with E-state index in [0.29, 0.717) is 18.5 Å². The number of carbonyl (C=O) groups excluding carboxylic acids is 2. The minimum atomic E-state index is -4.08. The molecule has 40 heavy (non-hydrogen) atoms. The molecule has 0 aliphatic rings. The van der Waals surface area contributed by atoms with Crippen LogP contribution in [0.25, 0.3) is 0 Å². The maximum Gasteiger partial charge on any atom is 0.264 e. The molecule has 0 aliphatic carbocycles. The van der Waals surface area contributed by atoms with E-state index < -0.39 is 28.5 Å². The van der Waals surface area contributed by atoms with Crippen molar-refractivity contribution in [1.29, 1.82) is 0 Å². The first-order valence-corrected chi connectivity index (χ1v) is 15.3. The molecule has 2 amide bonds. The average Bonchev–Trinajstić information content (AvgIpc) is 2.95. The number of carbonyl (C=O) groups is 2. The van der Waals surface area contributed by atoms with Gasteiger partial charge in [0.15, 0.2) is 0 Å². The summed E-state index contributed by atoms with van der Waals surface area (Å²) in [5.74, 6) is -0.662. The van der Waals surface area contributed by atoms with Crippen LogP contribution in [0.3, 0.4) is 0 Å². The summed E-state index contributed by atoms with van der Waals surface area (Å²) in [4.78, 5) is 29.1. The highest BCUT2D eigenvalue weighted by Crippen LogP contribution is 2.28. The summed E-state index contributed by atoms with van der Waals surface area (Å²) in [6.07, 6.45) is 1.70. The second kappa shape index (κ2) is 14.1. The third-order valence-corrected chi connectivity index (χ3v) is 8.89. The van der Waals surface area contributed by atoms with Crippen molar-refractivity contribution in [2.24, 2.45) is 0 Å². The Labute approximate surface area is 239 Å². The normalized spacial score (nSPS) is 12.8. The first kappa shape index (κ1) is 30.9. The zero-order chi connectivity index (χ0) is 29.3. The van der Waals surface area contributed by atoms with E-state index in [-0.39, 0.29) is 23.4 Å². The van der Waals surface area contributed by atoms with Gasteiger partial charge in [0.25, 0.3) is 10.0 Å². The number of aryl methyl sites for hydroxylation is 2. The fourth-order valence-corrected chi connectivity index (χ4v) is 6.05. The maximum atomic E-state index is 14.1. The fourth-order valence-electron chi connectivity index (χ4n) is 4.56. The standard InChI is InChI=1S/C32H41N3O4S/c1-6-26(5)33-32(37)29(7-2)34(21-20-27-14-10-8-11-15-27)31(36)23-35(30-22-24(3)18-19-25(30)4)40(38,39)28-16-12-9-13-17-28/h8-19,22,26,29H,6-7,20-21,23H2,1-5H3,(H,33,37). The van der Waals surface area contributed by atoms with Gasteiger partial charge in [-0.15, -0.1) is 0 Å². The van der Waals surface area contributed by atoms with Crippen LogP contribution in [-0.4, -0.2) is 50.3 Å². The molecule has 0 saturated heterocycles. The molecule has 0 bridgehead atoms. The molecule has 0 aromatic heterocycles. The number of hydrogen-bond acceptors (Lipinski definition) is 4. The van der Waals surface area contributed by atoms with E-state index in [4.69, 9.17) is 0 Å². The SMILES string of the molecule is CCC(C)NC(=O)C(CC)N(CCc1ccccc1)C(=O)CN(c1cc(C)ccc1C)S(=O)(=O)c1ccccc1. The van der Waals surface area contributed by atoms with Crippen LogP contribution in [-0.2, 0) is 26.0 Å². The van der Waals surface area contributed by atoms with Crippen LogP contribution in [0, 0.1) is 13.8 Å². The largest absolute Gasteiger partial charge is 0.352 e. The molecule has 3 aromatic carbocycles. The Kier molecular flexibility index (Phi) is 10.9. The fraction of sp³-hybridized carbons (Fsp3) is 0.375. The van der Waals surface area contributed by atoms with E-state index in [2.05, 4.69) is 5.32 Å². The van der Waals surface area contributed by atoms with Gasteiger partial charge >= 0.3 is 0 Å². The molecule has 0 spiro atoms. The van der Waals surface area contributed by atoms with Gasteiger partial charge < -0.3 is 10.2 Å². The van der Waals surface area contributed by atoms with Gasteiger partial charge in [0, 0.05) is 12.6 Å². The average molecular weight is 564 g/mol. The summed E-state index contributed by atoms with van der Waals surface area (Å²) in [6, 6.07) is 22.6. The van der Waals surface area contributed by atoms with Crippen LogP contribution < -0.4 is 9.62 Å². The number of sulfonamides is 1. The van der Waals surface area contributed by atoms with Crippen LogP contribution in [0.4, 0.5) is 5.69 Å². The minimum absolute atomic E-state index is 0.0440. The third-order valence-electron chi connectivity index (χ3n) is 7.11. The molecule has 0 aliphatic heterocycles. The third kappa shape index (κ3) is 7.72. The first-order valence-electron chi connectivity index (χ1n) is 13.9. The summed E-state index contributed by atoms with van der Waals surface area (Å²) in [5.41, 5.74) is 3.08. The number of nitrogens with one attached hydrogen (secondary N) is 1. The van der Waals surface area contributed by atoms with Gasteiger partial charge in [-0.1, -0.05) is 74.5 Å². The summed E-state index contributed by atoms with van der Waals surface area (Å²) in [7, 11) is -4.08. The molecule has 0 fully saturated rings. The Morgan fingerprint density at radius 3 is 2.10 bits per heavy atom. The molecular formula is C32H41N3O4S. The van der Waals surface area contributed by atoms with Crippen molar-refractivity contribution in [3.05, 3.63) is 95.6 Å². The van der Waals surface area contributed by atoms with Crippen molar-refractivity contribution in [2.45, 2.75) is 70.9 Å². The molecule has 7 nitrogen and oxygen atoms in total. The highest BCUT2D eigenvalue weighted by molar-refractivity contribution is 7.92. The van der Waals surface area contributed by atoms with Crippen molar-refractivity contribution in [2.75, 3.05) is 17.4 Å².